The van der Waals surface area contributed by atoms with Gasteiger partial charge in [0.15, 0.2) is 5.58 Å². The molecule has 1 heterocycles. The molecule has 24 heavy (non-hydrogen) atoms. The van der Waals surface area contributed by atoms with E-state index in [1.807, 2.05) is 31.2 Å². The van der Waals surface area contributed by atoms with Crippen LogP contribution in [-0.4, -0.2) is 17.1 Å². The van der Waals surface area contributed by atoms with E-state index in [0.29, 0.717) is 23.4 Å². The SMILES string of the molecule is CCOc1ccc(CC(=O)Nc2ccc3oc(=O)n(C)c3c2)cc1. The van der Waals surface area contributed by atoms with E-state index in [1.165, 1.54) is 4.57 Å². The lowest BCUT2D eigenvalue weighted by Crippen LogP contribution is -2.14. The Balaban J connectivity index is 1.70. The van der Waals surface area contributed by atoms with Crippen LogP contribution in [0.4, 0.5) is 5.69 Å². The summed E-state index contributed by atoms with van der Waals surface area (Å²) in [6.07, 6.45) is 0.259. The summed E-state index contributed by atoms with van der Waals surface area (Å²) in [5.74, 6) is 0.225. The average molecular weight is 326 g/mol. The van der Waals surface area contributed by atoms with E-state index >= 15 is 0 Å². The third kappa shape index (κ3) is 3.32. The van der Waals surface area contributed by atoms with Crippen LogP contribution in [0.25, 0.3) is 11.1 Å². The quantitative estimate of drug-likeness (QED) is 0.782. The molecule has 6 heteroatoms. The number of ether oxygens (including phenoxy) is 1. The van der Waals surface area contributed by atoms with Gasteiger partial charge in [-0.2, -0.15) is 0 Å². The topological polar surface area (TPSA) is 73.5 Å². The molecule has 0 spiro atoms. The summed E-state index contributed by atoms with van der Waals surface area (Å²) in [5.41, 5.74) is 2.65. The van der Waals surface area contributed by atoms with Crippen LogP contribution in [0.2, 0.25) is 0 Å². The Labute approximate surface area is 138 Å². The second kappa shape index (κ2) is 6.62. The normalized spacial score (nSPS) is 10.8. The summed E-state index contributed by atoms with van der Waals surface area (Å²) in [7, 11) is 1.62. The number of hydrogen-bond donors (Lipinski definition) is 1. The number of hydrogen-bond acceptors (Lipinski definition) is 4. The number of nitrogens with zero attached hydrogens (tertiary/aromatic N) is 1. The predicted octanol–water partition coefficient (Wildman–Crippen LogP) is 2.71. The highest BCUT2D eigenvalue weighted by molar-refractivity contribution is 5.94. The molecule has 0 saturated carbocycles. The molecule has 0 saturated heterocycles. The number of nitrogens with one attached hydrogen (secondary N) is 1. The van der Waals surface area contributed by atoms with Gasteiger partial charge in [0.25, 0.3) is 0 Å². The second-order valence-electron chi connectivity index (χ2n) is 5.41. The Morgan fingerprint density at radius 3 is 2.67 bits per heavy atom. The van der Waals surface area contributed by atoms with Crippen LogP contribution in [0.15, 0.2) is 51.7 Å². The molecule has 0 unspecified atom stereocenters. The summed E-state index contributed by atoms with van der Waals surface area (Å²) in [6, 6.07) is 12.5. The Bertz CT molecular complexity index is 922. The molecule has 2 aromatic carbocycles. The molecule has 0 atom stereocenters. The Kier molecular flexibility index (Phi) is 4.37. The van der Waals surface area contributed by atoms with Gasteiger partial charge in [-0.05, 0) is 42.8 Å². The van der Waals surface area contributed by atoms with Crippen molar-refractivity contribution in [3.8, 4) is 5.75 Å². The van der Waals surface area contributed by atoms with Crippen molar-refractivity contribution in [1.29, 1.82) is 0 Å². The number of aryl methyl sites for hydroxylation is 1. The smallest absolute Gasteiger partial charge is 0.419 e. The van der Waals surface area contributed by atoms with Crippen LogP contribution in [0, 0.1) is 0 Å². The number of benzene rings is 2. The molecule has 0 aliphatic heterocycles. The van der Waals surface area contributed by atoms with Gasteiger partial charge in [-0.3, -0.25) is 9.36 Å². The fraction of sp³-hybridized carbons (Fsp3) is 0.222. The van der Waals surface area contributed by atoms with Gasteiger partial charge >= 0.3 is 5.76 Å². The number of fused-ring (bicyclic) bond motifs is 1. The number of anilines is 1. The lowest BCUT2D eigenvalue weighted by molar-refractivity contribution is -0.115. The van der Waals surface area contributed by atoms with Gasteiger partial charge in [0.1, 0.15) is 5.75 Å². The van der Waals surface area contributed by atoms with Crippen molar-refractivity contribution in [2.24, 2.45) is 7.05 Å². The molecule has 0 aliphatic rings. The van der Waals surface area contributed by atoms with E-state index in [2.05, 4.69) is 5.32 Å². The summed E-state index contributed by atoms with van der Waals surface area (Å²) in [6.45, 7) is 2.53. The van der Waals surface area contributed by atoms with Crippen molar-refractivity contribution in [2.75, 3.05) is 11.9 Å². The van der Waals surface area contributed by atoms with E-state index in [0.717, 1.165) is 11.3 Å². The lowest BCUT2D eigenvalue weighted by atomic mass is 10.1. The molecule has 1 N–H and O–H groups in total. The molecule has 3 aromatic rings. The first-order valence-electron chi connectivity index (χ1n) is 7.68. The zero-order chi connectivity index (χ0) is 17.1. The lowest BCUT2D eigenvalue weighted by Gasteiger charge is -2.07. The zero-order valence-electron chi connectivity index (χ0n) is 13.5. The summed E-state index contributed by atoms with van der Waals surface area (Å²) in [5, 5.41) is 2.83. The van der Waals surface area contributed by atoms with Crippen molar-refractivity contribution in [2.45, 2.75) is 13.3 Å². The summed E-state index contributed by atoms with van der Waals surface area (Å²) in [4.78, 5) is 23.7. The predicted molar refractivity (Wildman–Crippen MR) is 91.4 cm³/mol. The van der Waals surface area contributed by atoms with Gasteiger partial charge in [-0.25, -0.2) is 4.79 Å². The first-order chi connectivity index (χ1) is 11.6. The van der Waals surface area contributed by atoms with Crippen LogP contribution < -0.4 is 15.8 Å². The van der Waals surface area contributed by atoms with Crippen molar-refractivity contribution < 1.29 is 13.9 Å². The number of aromatic nitrogens is 1. The molecule has 3 rings (SSSR count). The van der Waals surface area contributed by atoms with Gasteiger partial charge in [-0.1, -0.05) is 12.1 Å². The van der Waals surface area contributed by atoms with Crippen molar-refractivity contribution >= 4 is 22.7 Å². The fourth-order valence-corrected chi connectivity index (χ4v) is 2.47. The highest BCUT2D eigenvalue weighted by Crippen LogP contribution is 2.18. The molecule has 0 aliphatic carbocycles. The maximum absolute atomic E-state index is 12.2. The van der Waals surface area contributed by atoms with Crippen LogP contribution in [-0.2, 0) is 18.3 Å². The maximum Gasteiger partial charge on any atom is 0.419 e. The largest absolute Gasteiger partial charge is 0.494 e. The minimum atomic E-state index is -0.428. The minimum absolute atomic E-state index is 0.132. The number of rotatable bonds is 5. The molecule has 6 nitrogen and oxygen atoms in total. The first kappa shape index (κ1) is 15.9. The zero-order valence-corrected chi connectivity index (χ0v) is 13.5. The molecule has 0 radical (unpaired) electrons. The molecular formula is C18H18N2O4. The van der Waals surface area contributed by atoms with E-state index < -0.39 is 5.76 Å². The fourth-order valence-electron chi connectivity index (χ4n) is 2.47. The number of carbonyl (C=O) groups excluding carboxylic acids is 1. The second-order valence-corrected chi connectivity index (χ2v) is 5.41. The molecule has 0 bridgehead atoms. The summed E-state index contributed by atoms with van der Waals surface area (Å²) >= 11 is 0. The molecule has 0 fully saturated rings. The maximum atomic E-state index is 12.2. The van der Waals surface area contributed by atoms with E-state index in [9.17, 15) is 9.59 Å². The van der Waals surface area contributed by atoms with Crippen LogP contribution >= 0.6 is 0 Å². The highest BCUT2D eigenvalue weighted by atomic mass is 16.5. The van der Waals surface area contributed by atoms with E-state index in [1.54, 1.807) is 25.2 Å². The first-order valence-corrected chi connectivity index (χ1v) is 7.68. The van der Waals surface area contributed by atoms with Gasteiger partial charge in [0.2, 0.25) is 5.91 Å². The molecule has 124 valence electrons. The number of oxazole rings is 1. The van der Waals surface area contributed by atoms with Gasteiger partial charge in [0.05, 0.1) is 18.5 Å². The van der Waals surface area contributed by atoms with Crippen molar-refractivity contribution in [1.82, 2.24) is 4.57 Å². The van der Waals surface area contributed by atoms with E-state index in [-0.39, 0.29) is 12.3 Å². The Morgan fingerprint density at radius 2 is 1.96 bits per heavy atom. The third-order valence-corrected chi connectivity index (χ3v) is 3.67. The minimum Gasteiger partial charge on any atom is -0.494 e. The van der Waals surface area contributed by atoms with Gasteiger partial charge < -0.3 is 14.5 Å². The van der Waals surface area contributed by atoms with E-state index in [4.69, 9.17) is 9.15 Å². The summed E-state index contributed by atoms with van der Waals surface area (Å²) < 4.78 is 11.8. The number of amides is 1. The van der Waals surface area contributed by atoms with Crippen LogP contribution in [0.3, 0.4) is 0 Å². The van der Waals surface area contributed by atoms with Gasteiger partial charge in [-0.15, -0.1) is 0 Å². The number of carbonyl (C=O) groups is 1. The van der Waals surface area contributed by atoms with Crippen molar-refractivity contribution in [3.05, 3.63) is 58.6 Å². The molecular weight excluding hydrogens is 308 g/mol. The van der Waals surface area contributed by atoms with Crippen LogP contribution in [0.1, 0.15) is 12.5 Å². The standard InChI is InChI=1S/C18H18N2O4/c1-3-23-14-7-4-12(5-8-14)10-17(21)19-13-6-9-16-15(11-13)20(2)18(22)24-16/h4-9,11H,3,10H2,1-2H3,(H,19,21). The average Bonchev–Trinajstić information content (AvgIpc) is 2.84. The highest BCUT2D eigenvalue weighted by Gasteiger charge is 2.09. The van der Waals surface area contributed by atoms with Crippen molar-refractivity contribution in [3.63, 3.8) is 0 Å². The molecule has 1 aromatic heterocycles. The van der Waals surface area contributed by atoms with Gasteiger partial charge in [0, 0.05) is 12.7 Å². The Hall–Kier alpha value is -3.02. The molecule has 1 amide bonds. The Morgan fingerprint density at radius 1 is 1.21 bits per heavy atom. The third-order valence-electron chi connectivity index (χ3n) is 3.67. The van der Waals surface area contributed by atoms with Crippen LogP contribution in [0.5, 0.6) is 5.75 Å². The monoisotopic (exact) mass is 326 g/mol.